The van der Waals surface area contributed by atoms with Crippen molar-refractivity contribution in [2.24, 2.45) is 0 Å². The Balaban J connectivity index is 0. The zero-order valence-electron chi connectivity index (χ0n) is 4.28. The van der Waals surface area contributed by atoms with Gasteiger partial charge in [-0.2, -0.15) is 8.78 Å². The van der Waals surface area contributed by atoms with Crippen LogP contribution in [-0.2, 0) is 9.74 Å². The molecule has 0 unspecified atom stereocenters. The van der Waals surface area contributed by atoms with E-state index in [1.54, 1.807) is 0 Å². The van der Waals surface area contributed by atoms with Crippen LogP contribution in [0.15, 0.2) is 0 Å². The van der Waals surface area contributed by atoms with Crippen LogP contribution in [-0.4, -0.2) is 69.7 Å². The molecule has 0 fully saturated rings. The van der Waals surface area contributed by atoms with Gasteiger partial charge in [0.15, 0.2) is 0 Å². The minimum atomic E-state index is -5.06. The average Bonchev–Trinajstić information content (AvgIpc) is 1.86. The van der Waals surface area contributed by atoms with Crippen molar-refractivity contribution in [3.05, 3.63) is 0 Å². The van der Waals surface area contributed by atoms with Gasteiger partial charge >= 0.3 is 69.7 Å². The van der Waals surface area contributed by atoms with Crippen LogP contribution in [0.1, 0.15) is 0 Å². The normalized spacial score (nSPS) is 10.7. The van der Waals surface area contributed by atoms with Crippen LogP contribution in [0.25, 0.3) is 0 Å². The first-order chi connectivity index (χ1) is 4.42. The zero-order chi connectivity index (χ0) is 8.36. The van der Waals surface area contributed by atoms with E-state index >= 15 is 0 Å². The number of carbonyl (C=O) groups is 1. The molecular formula is C3H2F5KO2. The van der Waals surface area contributed by atoms with Gasteiger partial charge < -0.3 is 0 Å². The molecule has 0 radical (unpaired) electrons. The fourth-order valence-electron chi connectivity index (χ4n) is 0.141. The summed E-state index contributed by atoms with van der Waals surface area (Å²) in [5.74, 6) is -7.95. The number of carbonyl (C=O) groups excluding carboxylic acids is 1. The minimum absolute atomic E-state index is 0. The molecule has 0 N–H and O–H groups in total. The second-order valence-corrected chi connectivity index (χ2v) is 1.29. The summed E-state index contributed by atoms with van der Waals surface area (Å²) < 4.78 is 55.6. The van der Waals surface area contributed by atoms with Gasteiger partial charge in [-0.25, -0.2) is 18.5 Å². The van der Waals surface area contributed by atoms with Crippen molar-refractivity contribution in [3.63, 3.8) is 0 Å². The summed E-state index contributed by atoms with van der Waals surface area (Å²) in [6.45, 7) is 0. The van der Waals surface area contributed by atoms with Gasteiger partial charge in [-0.05, 0) is 0 Å². The molecule has 2 nitrogen and oxygen atoms in total. The quantitative estimate of drug-likeness (QED) is 0.488. The molecule has 0 rings (SSSR count). The van der Waals surface area contributed by atoms with E-state index in [1.165, 1.54) is 0 Å². The summed E-state index contributed by atoms with van der Waals surface area (Å²) >= 11 is 0. The van der Waals surface area contributed by atoms with Crippen LogP contribution in [0.4, 0.5) is 22.1 Å². The first kappa shape index (κ1) is 14.3. The fourth-order valence-corrected chi connectivity index (χ4v) is 0.141. The van der Waals surface area contributed by atoms with Crippen molar-refractivity contribution in [2.45, 2.75) is 12.3 Å². The Kier molecular flexibility index (Phi) is 7.03. The molecule has 0 saturated carbocycles. The van der Waals surface area contributed by atoms with Gasteiger partial charge in [-0.1, -0.05) is 0 Å². The van der Waals surface area contributed by atoms with E-state index < -0.39 is 18.3 Å². The van der Waals surface area contributed by atoms with Gasteiger partial charge in [0.2, 0.25) is 0 Å². The van der Waals surface area contributed by atoms with Crippen molar-refractivity contribution in [3.8, 4) is 0 Å². The number of hydrogen-bond donors (Lipinski definition) is 0. The summed E-state index contributed by atoms with van der Waals surface area (Å²) in [5, 5.41) is 0. The topological polar surface area (TPSA) is 26.3 Å². The van der Waals surface area contributed by atoms with Crippen molar-refractivity contribution in [2.75, 3.05) is 0 Å². The molecule has 0 spiro atoms. The van der Waals surface area contributed by atoms with Crippen LogP contribution < -0.4 is 0 Å². The molecule has 0 amide bonds. The van der Waals surface area contributed by atoms with Gasteiger partial charge in [0, 0.05) is 4.53 Å². The Labute approximate surface area is 100 Å². The maximum atomic E-state index is 11.5. The Morgan fingerprint density at radius 2 is 1.73 bits per heavy atom. The predicted molar refractivity (Wildman–Crippen MR) is 25.3 cm³/mol. The van der Waals surface area contributed by atoms with Crippen molar-refractivity contribution >= 4 is 57.4 Å². The SMILES string of the molecule is O=C(OF)C(F)(F)C(F)F.[KH]. The molecule has 0 aromatic heterocycles. The standard InChI is InChI=1S/C3HF5O2.K.H/c4-1(5)3(6,7)2(9)10-8;;/h1H;;. The molecule has 0 aliphatic heterocycles. The second kappa shape index (κ2) is 5.41. The molecule has 0 aliphatic carbocycles. The number of alkyl halides is 4. The van der Waals surface area contributed by atoms with Crippen LogP contribution >= 0.6 is 0 Å². The zero-order valence-corrected chi connectivity index (χ0v) is 4.28. The molecule has 62 valence electrons. The Bertz CT molecular complexity index is 138. The van der Waals surface area contributed by atoms with E-state index in [1.807, 2.05) is 4.94 Å². The van der Waals surface area contributed by atoms with Crippen LogP contribution in [0.3, 0.4) is 0 Å². The number of halogens is 5. The molecule has 8 heteroatoms. The molecule has 0 aromatic carbocycles. The summed E-state index contributed by atoms with van der Waals surface area (Å²) in [6.07, 6.45) is -4.25. The first-order valence-electron chi connectivity index (χ1n) is 1.92. The van der Waals surface area contributed by atoms with E-state index in [-0.39, 0.29) is 51.4 Å². The van der Waals surface area contributed by atoms with Crippen molar-refractivity contribution in [1.29, 1.82) is 0 Å². The van der Waals surface area contributed by atoms with Crippen LogP contribution in [0.2, 0.25) is 0 Å². The van der Waals surface area contributed by atoms with E-state index in [4.69, 9.17) is 0 Å². The Morgan fingerprint density at radius 1 is 1.36 bits per heavy atom. The molecule has 11 heavy (non-hydrogen) atoms. The molecule has 0 aliphatic rings. The third-order valence-corrected chi connectivity index (χ3v) is 0.616. The Morgan fingerprint density at radius 3 is 1.82 bits per heavy atom. The molecule has 0 atom stereocenters. The van der Waals surface area contributed by atoms with Gasteiger partial charge in [0.1, 0.15) is 0 Å². The van der Waals surface area contributed by atoms with Crippen molar-refractivity contribution < 1.29 is 31.8 Å². The monoisotopic (exact) mass is 204 g/mol. The van der Waals surface area contributed by atoms with E-state index in [0.717, 1.165) is 0 Å². The fraction of sp³-hybridized carbons (Fsp3) is 0.667. The van der Waals surface area contributed by atoms with E-state index in [2.05, 4.69) is 0 Å². The summed E-state index contributed by atoms with van der Waals surface area (Å²) in [4.78, 5) is 11.4. The third-order valence-electron chi connectivity index (χ3n) is 0.616. The molecule has 0 bridgehead atoms. The van der Waals surface area contributed by atoms with E-state index in [0.29, 0.717) is 0 Å². The van der Waals surface area contributed by atoms with Gasteiger partial charge in [0.25, 0.3) is 0 Å². The van der Waals surface area contributed by atoms with Crippen molar-refractivity contribution in [1.82, 2.24) is 0 Å². The number of rotatable bonds is 2. The predicted octanol–water partition coefficient (Wildman–Crippen LogP) is 0.666. The Hall–Kier alpha value is 0.756. The molecule has 0 heterocycles. The summed E-state index contributed by atoms with van der Waals surface area (Å²) in [5.41, 5.74) is 0. The van der Waals surface area contributed by atoms with Gasteiger partial charge in [0.05, 0.1) is 0 Å². The van der Waals surface area contributed by atoms with Gasteiger partial charge in [-0.15, -0.1) is 0 Å². The molecule has 0 aromatic rings. The third kappa shape index (κ3) is 3.79. The van der Waals surface area contributed by atoms with Crippen LogP contribution in [0.5, 0.6) is 0 Å². The summed E-state index contributed by atoms with van der Waals surface area (Å²) in [7, 11) is 0. The van der Waals surface area contributed by atoms with Gasteiger partial charge in [-0.3, -0.25) is 0 Å². The van der Waals surface area contributed by atoms with E-state index in [9.17, 15) is 26.9 Å². The summed E-state index contributed by atoms with van der Waals surface area (Å²) in [6, 6.07) is 0. The average molecular weight is 204 g/mol. The first-order valence-corrected chi connectivity index (χ1v) is 1.92. The maximum absolute atomic E-state index is 11.5. The molecule has 0 saturated heterocycles. The second-order valence-electron chi connectivity index (χ2n) is 1.29. The molecular weight excluding hydrogens is 202 g/mol. The number of hydrogen-bond acceptors (Lipinski definition) is 2. The van der Waals surface area contributed by atoms with Crippen LogP contribution in [0, 0.1) is 0 Å².